The molecule has 0 heterocycles. The zero-order valence-corrected chi connectivity index (χ0v) is 19.7. The summed E-state index contributed by atoms with van der Waals surface area (Å²) < 4.78 is 30.0. The third-order valence-electron chi connectivity index (χ3n) is 4.93. The normalized spacial score (nSPS) is 14.8. The molecule has 0 rings (SSSR count). The Bertz CT molecular complexity index is 533. The third-order valence-corrected chi connectivity index (χ3v) is 7.24. The molecule has 0 bridgehead atoms. The summed E-state index contributed by atoms with van der Waals surface area (Å²) in [7, 11) is -4.90. The fourth-order valence-corrected chi connectivity index (χ4v) is 5.02. The van der Waals surface area contributed by atoms with Crippen molar-refractivity contribution in [1.82, 2.24) is 16.0 Å². The van der Waals surface area contributed by atoms with Gasteiger partial charge in [-0.05, 0) is 24.7 Å². The van der Waals surface area contributed by atoms with Crippen LogP contribution in [-0.2, 0) is 14.4 Å². The number of halogens is 2. The van der Waals surface area contributed by atoms with Gasteiger partial charge in [0.15, 0.2) is 0 Å². The van der Waals surface area contributed by atoms with E-state index in [1.54, 1.807) is 6.92 Å². The fraction of sp³-hybridized carbons (Fsp3) is 0.850. The Labute approximate surface area is 175 Å². The standard InChI is InChI=1S/C20H39F2N3O3Si/c1-7-9-11-23-17(27)10-12-29(21,22)18(13-14(3)4)25-20(28)19(15(5)8-2)24-16(6)26/h14-15,18-19H,7-13H2,1-6H3,(H,23,27)(H,24,26)(H,25,28)/t15-,18+,19-/m0/s1. The molecule has 0 spiro atoms. The predicted octanol–water partition coefficient (Wildman–Crippen LogP) is 3.29. The number of nitrogens with one attached hydrogen (secondary N) is 3. The summed E-state index contributed by atoms with van der Waals surface area (Å²) in [6.45, 7) is 11.1. The zero-order chi connectivity index (χ0) is 22.6. The van der Waals surface area contributed by atoms with Gasteiger partial charge in [0.05, 0.1) is 5.67 Å². The third kappa shape index (κ3) is 11.3. The van der Waals surface area contributed by atoms with Crippen LogP contribution in [0.15, 0.2) is 0 Å². The van der Waals surface area contributed by atoms with Gasteiger partial charge in [0.25, 0.3) is 0 Å². The van der Waals surface area contributed by atoms with Crippen molar-refractivity contribution < 1.29 is 22.6 Å². The van der Waals surface area contributed by atoms with E-state index < -0.39 is 32.4 Å². The van der Waals surface area contributed by atoms with Crippen LogP contribution < -0.4 is 16.0 Å². The largest absolute Gasteiger partial charge is 0.446 e. The summed E-state index contributed by atoms with van der Waals surface area (Å²) in [5.41, 5.74) is -1.27. The SMILES string of the molecule is CCCCNC(=O)CC[Si](F)(F)[C@H](CC(C)C)NC(=O)[C@@H](NC(C)=O)[C@@H](C)CC. The van der Waals surface area contributed by atoms with E-state index in [-0.39, 0.29) is 36.5 Å². The van der Waals surface area contributed by atoms with E-state index in [0.29, 0.717) is 13.0 Å². The first-order valence-electron chi connectivity index (χ1n) is 10.7. The number of carbonyl (C=O) groups excluding carboxylic acids is 3. The minimum absolute atomic E-state index is 0.0418. The lowest BCUT2D eigenvalue weighted by Gasteiger charge is -2.30. The van der Waals surface area contributed by atoms with Gasteiger partial charge in [0, 0.05) is 25.9 Å². The van der Waals surface area contributed by atoms with Gasteiger partial charge in [-0.2, -0.15) is 0 Å². The zero-order valence-electron chi connectivity index (χ0n) is 18.7. The Balaban J connectivity index is 5.17. The molecule has 0 aromatic heterocycles. The van der Waals surface area contributed by atoms with Crippen LogP contribution in [0.3, 0.4) is 0 Å². The average Bonchev–Trinajstić information content (AvgIpc) is 2.63. The minimum Gasteiger partial charge on any atom is -0.356 e. The maximum atomic E-state index is 15.0. The predicted molar refractivity (Wildman–Crippen MR) is 114 cm³/mol. The van der Waals surface area contributed by atoms with Crippen molar-refractivity contribution in [2.75, 3.05) is 6.54 Å². The first-order chi connectivity index (χ1) is 13.4. The number of rotatable bonds is 14. The highest BCUT2D eigenvalue weighted by molar-refractivity contribution is 6.68. The lowest BCUT2D eigenvalue weighted by Crippen LogP contribution is -2.58. The maximum Gasteiger partial charge on any atom is 0.446 e. The topological polar surface area (TPSA) is 87.3 Å². The molecule has 0 fully saturated rings. The second kappa shape index (κ2) is 13.7. The van der Waals surface area contributed by atoms with Crippen molar-refractivity contribution >= 4 is 26.5 Å². The summed E-state index contributed by atoms with van der Waals surface area (Å²) in [6.07, 6.45) is 2.24. The van der Waals surface area contributed by atoms with Crippen LogP contribution in [0.25, 0.3) is 0 Å². The van der Waals surface area contributed by atoms with Crippen molar-refractivity contribution in [1.29, 1.82) is 0 Å². The molecular weight excluding hydrogens is 396 g/mol. The number of hydrogen-bond donors (Lipinski definition) is 3. The molecule has 0 radical (unpaired) electrons. The molecular formula is C20H39F2N3O3Si. The monoisotopic (exact) mass is 435 g/mol. The molecule has 170 valence electrons. The quantitative estimate of drug-likeness (QED) is 0.222. The summed E-state index contributed by atoms with van der Waals surface area (Å²) in [4.78, 5) is 36.0. The van der Waals surface area contributed by atoms with E-state index in [1.807, 2.05) is 27.7 Å². The van der Waals surface area contributed by atoms with E-state index >= 15 is 8.22 Å². The molecule has 3 N–H and O–H groups in total. The average molecular weight is 436 g/mol. The Morgan fingerprint density at radius 2 is 1.66 bits per heavy atom. The molecule has 3 atom stereocenters. The van der Waals surface area contributed by atoms with E-state index in [9.17, 15) is 14.4 Å². The molecule has 0 aromatic carbocycles. The summed E-state index contributed by atoms with van der Waals surface area (Å²) >= 11 is 0. The van der Waals surface area contributed by atoms with Gasteiger partial charge in [-0.15, -0.1) is 0 Å². The molecule has 0 saturated carbocycles. The fourth-order valence-electron chi connectivity index (χ4n) is 2.94. The molecule has 0 aliphatic heterocycles. The maximum absolute atomic E-state index is 15.0. The molecule has 0 unspecified atom stereocenters. The van der Waals surface area contributed by atoms with Crippen molar-refractivity contribution in [3.63, 3.8) is 0 Å². The van der Waals surface area contributed by atoms with Gasteiger partial charge in [-0.1, -0.05) is 47.5 Å². The summed E-state index contributed by atoms with van der Waals surface area (Å²) in [6, 6.07) is -1.36. The number of hydrogen-bond acceptors (Lipinski definition) is 3. The number of unbranched alkanes of at least 4 members (excludes halogenated alkanes) is 1. The van der Waals surface area contributed by atoms with Crippen LogP contribution in [-0.4, -0.2) is 44.7 Å². The van der Waals surface area contributed by atoms with Crippen LogP contribution in [0, 0.1) is 11.8 Å². The Morgan fingerprint density at radius 3 is 2.14 bits per heavy atom. The second-order valence-electron chi connectivity index (χ2n) is 8.22. The van der Waals surface area contributed by atoms with Crippen molar-refractivity contribution in [3.8, 4) is 0 Å². The molecule has 0 aromatic rings. The van der Waals surface area contributed by atoms with Crippen molar-refractivity contribution in [3.05, 3.63) is 0 Å². The van der Waals surface area contributed by atoms with Crippen LogP contribution >= 0.6 is 0 Å². The lowest BCUT2D eigenvalue weighted by atomic mass is 9.98. The van der Waals surface area contributed by atoms with Crippen molar-refractivity contribution in [2.24, 2.45) is 11.8 Å². The van der Waals surface area contributed by atoms with Crippen LogP contribution in [0.5, 0.6) is 0 Å². The van der Waals surface area contributed by atoms with Gasteiger partial charge in [0.1, 0.15) is 6.04 Å². The highest BCUT2D eigenvalue weighted by Crippen LogP contribution is 2.25. The van der Waals surface area contributed by atoms with Gasteiger partial charge < -0.3 is 16.0 Å². The molecule has 9 heteroatoms. The smallest absolute Gasteiger partial charge is 0.356 e. The molecule has 0 aliphatic carbocycles. The minimum atomic E-state index is -4.90. The molecule has 0 saturated heterocycles. The second-order valence-corrected chi connectivity index (χ2v) is 10.9. The van der Waals surface area contributed by atoms with Gasteiger partial charge >= 0.3 is 8.74 Å². The van der Waals surface area contributed by atoms with E-state index in [2.05, 4.69) is 16.0 Å². The first-order valence-corrected chi connectivity index (χ1v) is 12.7. The van der Waals surface area contributed by atoms with E-state index in [1.165, 1.54) is 6.92 Å². The Kier molecular flexibility index (Phi) is 12.9. The van der Waals surface area contributed by atoms with E-state index in [4.69, 9.17) is 0 Å². The molecule has 6 nitrogen and oxygen atoms in total. The summed E-state index contributed by atoms with van der Waals surface area (Å²) in [5.74, 6) is -1.56. The van der Waals surface area contributed by atoms with Gasteiger partial charge in [0.2, 0.25) is 17.7 Å². The Hall–Kier alpha value is -1.51. The van der Waals surface area contributed by atoms with Crippen LogP contribution in [0.1, 0.15) is 73.6 Å². The number of carbonyl (C=O) groups is 3. The molecule has 29 heavy (non-hydrogen) atoms. The first kappa shape index (κ1) is 27.5. The van der Waals surface area contributed by atoms with Crippen LogP contribution in [0.2, 0.25) is 6.04 Å². The van der Waals surface area contributed by atoms with Crippen LogP contribution in [0.4, 0.5) is 8.22 Å². The Morgan fingerprint density at radius 1 is 1.03 bits per heavy atom. The molecule has 0 aliphatic rings. The highest BCUT2D eigenvalue weighted by Gasteiger charge is 2.46. The van der Waals surface area contributed by atoms with Crippen molar-refractivity contribution in [2.45, 2.75) is 91.4 Å². The number of amides is 3. The lowest BCUT2D eigenvalue weighted by molar-refractivity contribution is -0.129. The highest BCUT2D eigenvalue weighted by atomic mass is 28.4. The van der Waals surface area contributed by atoms with Gasteiger partial charge in [-0.25, -0.2) is 0 Å². The van der Waals surface area contributed by atoms with Gasteiger partial charge in [-0.3, -0.25) is 22.6 Å². The molecule has 3 amide bonds. The van der Waals surface area contributed by atoms with E-state index in [0.717, 1.165) is 12.8 Å². The summed E-state index contributed by atoms with van der Waals surface area (Å²) in [5, 5.41) is 7.74.